The van der Waals surface area contributed by atoms with Crippen LogP contribution in [-0.2, 0) is 10.9 Å². The van der Waals surface area contributed by atoms with Gasteiger partial charge in [0.2, 0.25) is 0 Å². The standard InChI is InChI=1S/C16H21F3N2O2/c1-15(2,3)23-14(22)21-13(12-7-8-20-12)10-5-4-6-11(9-10)16(17,18)19/h4-6,9,12-13,20H,7-8H2,1-3H3,(H,21,22)/t12-,13-/m0/s1. The topological polar surface area (TPSA) is 50.4 Å². The highest BCUT2D eigenvalue weighted by molar-refractivity contribution is 5.68. The van der Waals surface area contributed by atoms with Gasteiger partial charge in [-0.05, 0) is 51.4 Å². The van der Waals surface area contributed by atoms with E-state index in [1.807, 2.05) is 0 Å². The minimum atomic E-state index is -4.42. The van der Waals surface area contributed by atoms with E-state index in [0.717, 1.165) is 25.1 Å². The Labute approximate surface area is 133 Å². The zero-order chi connectivity index (χ0) is 17.3. The summed E-state index contributed by atoms with van der Waals surface area (Å²) >= 11 is 0. The van der Waals surface area contributed by atoms with Crippen molar-refractivity contribution >= 4 is 6.09 Å². The summed E-state index contributed by atoms with van der Waals surface area (Å²) in [5.41, 5.74) is -0.997. The van der Waals surface area contributed by atoms with Gasteiger partial charge in [0.15, 0.2) is 0 Å². The first kappa shape index (κ1) is 17.6. The molecule has 1 fully saturated rings. The van der Waals surface area contributed by atoms with E-state index < -0.39 is 29.5 Å². The van der Waals surface area contributed by atoms with Crippen molar-refractivity contribution < 1.29 is 22.7 Å². The molecule has 1 heterocycles. The number of halogens is 3. The maximum atomic E-state index is 12.9. The highest BCUT2D eigenvalue weighted by Gasteiger charge is 2.34. The molecule has 0 aliphatic carbocycles. The van der Waals surface area contributed by atoms with Gasteiger partial charge in [0.1, 0.15) is 5.60 Å². The molecule has 0 bridgehead atoms. The Hall–Kier alpha value is -1.76. The molecule has 4 nitrogen and oxygen atoms in total. The molecule has 7 heteroatoms. The number of hydrogen-bond donors (Lipinski definition) is 2. The zero-order valence-corrected chi connectivity index (χ0v) is 13.3. The molecule has 1 saturated heterocycles. The maximum absolute atomic E-state index is 12.9. The van der Waals surface area contributed by atoms with Crippen LogP contribution in [0.3, 0.4) is 0 Å². The van der Waals surface area contributed by atoms with Crippen LogP contribution < -0.4 is 10.6 Å². The fraction of sp³-hybridized carbons (Fsp3) is 0.562. The monoisotopic (exact) mass is 330 g/mol. The van der Waals surface area contributed by atoms with E-state index in [9.17, 15) is 18.0 Å². The molecule has 2 rings (SSSR count). The Morgan fingerprint density at radius 2 is 2.00 bits per heavy atom. The SMILES string of the molecule is CC(C)(C)OC(=O)N[C@@H](c1cccc(C(F)(F)F)c1)[C@@H]1CCN1. The third-order valence-electron chi connectivity index (χ3n) is 3.51. The first-order valence-electron chi connectivity index (χ1n) is 7.46. The number of rotatable bonds is 3. The van der Waals surface area contributed by atoms with Crippen LogP contribution in [0, 0.1) is 0 Å². The van der Waals surface area contributed by atoms with Crippen LogP contribution in [0.1, 0.15) is 44.4 Å². The lowest BCUT2D eigenvalue weighted by Crippen LogP contribution is -2.52. The first-order valence-corrected chi connectivity index (χ1v) is 7.46. The summed E-state index contributed by atoms with van der Waals surface area (Å²) in [6, 6.07) is 4.34. The third kappa shape index (κ3) is 4.86. The Morgan fingerprint density at radius 1 is 1.35 bits per heavy atom. The Bertz CT molecular complexity index is 563. The molecule has 1 aromatic rings. The minimum absolute atomic E-state index is 0.106. The lowest BCUT2D eigenvalue weighted by molar-refractivity contribution is -0.137. The van der Waals surface area contributed by atoms with Crippen molar-refractivity contribution in [2.45, 2.75) is 51.1 Å². The summed E-state index contributed by atoms with van der Waals surface area (Å²) in [6.07, 6.45) is -4.29. The van der Waals surface area contributed by atoms with Gasteiger partial charge in [0.25, 0.3) is 0 Å². The van der Waals surface area contributed by atoms with Gasteiger partial charge in [0, 0.05) is 6.04 Å². The van der Waals surface area contributed by atoms with E-state index in [1.54, 1.807) is 26.8 Å². The Morgan fingerprint density at radius 3 is 2.48 bits per heavy atom. The number of nitrogens with one attached hydrogen (secondary N) is 2. The molecular formula is C16H21F3N2O2. The molecule has 0 spiro atoms. The number of ether oxygens (including phenoxy) is 1. The number of amides is 1. The van der Waals surface area contributed by atoms with Gasteiger partial charge in [-0.3, -0.25) is 0 Å². The van der Waals surface area contributed by atoms with E-state index in [1.165, 1.54) is 6.07 Å². The second-order valence-electron chi connectivity index (χ2n) is 6.60. The number of alkyl carbamates (subject to hydrolysis) is 1. The lowest BCUT2D eigenvalue weighted by atomic mass is 9.91. The van der Waals surface area contributed by atoms with Crippen molar-refractivity contribution in [2.75, 3.05) is 6.54 Å². The summed E-state index contributed by atoms with van der Waals surface area (Å²) in [6.45, 7) is 5.96. The largest absolute Gasteiger partial charge is 0.444 e. The summed E-state index contributed by atoms with van der Waals surface area (Å²) in [5, 5.41) is 5.80. The van der Waals surface area contributed by atoms with E-state index in [-0.39, 0.29) is 6.04 Å². The molecule has 2 atom stereocenters. The minimum Gasteiger partial charge on any atom is -0.444 e. The van der Waals surface area contributed by atoms with Crippen molar-refractivity contribution in [2.24, 2.45) is 0 Å². The fourth-order valence-electron chi connectivity index (χ4n) is 2.35. The average Bonchev–Trinajstić information content (AvgIpc) is 2.32. The summed E-state index contributed by atoms with van der Waals surface area (Å²) < 4.78 is 43.9. The fourth-order valence-corrected chi connectivity index (χ4v) is 2.35. The van der Waals surface area contributed by atoms with Gasteiger partial charge < -0.3 is 15.4 Å². The second kappa shape index (κ2) is 6.39. The molecule has 1 aliphatic heterocycles. The maximum Gasteiger partial charge on any atom is 0.416 e. The molecule has 0 unspecified atom stereocenters. The Kier molecular flexibility index (Phi) is 4.89. The molecule has 1 amide bonds. The van der Waals surface area contributed by atoms with Crippen molar-refractivity contribution in [1.29, 1.82) is 0 Å². The lowest BCUT2D eigenvalue weighted by Gasteiger charge is -2.36. The van der Waals surface area contributed by atoms with Crippen LogP contribution in [0.4, 0.5) is 18.0 Å². The predicted molar refractivity (Wildman–Crippen MR) is 80.0 cm³/mol. The van der Waals surface area contributed by atoms with E-state index >= 15 is 0 Å². The van der Waals surface area contributed by atoms with Crippen LogP contribution >= 0.6 is 0 Å². The van der Waals surface area contributed by atoms with Crippen molar-refractivity contribution in [3.63, 3.8) is 0 Å². The number of carbonyl (C=O) groups excluding carboxylic acids is 1. The van der Waals surface area contributed by atoms with Gasteiger partial charge in [0.05, 0.1) is 11.6 Å². The molecule has 23 heavy (non-hydrogen) atoms. The van der Waals surface area contributed by atoms with Gasteiger partial charge >= 0.3 is 12.3 Å². The van der Waals surface area contributed by atoms with Crippen LogP contribution in [0.2, 0.25) is 0 Å². The van der Waals surface area contributed by atoms with Gasteiger partial charge in [-0.2, -0.15) is 13.2 Å². The molecule has 1 aliphatic rings. The molecule has 0 radical (unpaired) electrons. The smallest absolute Gasteiger partial charge is 0.416 e. The third-order valence-corrected chi connectivity index (χ3v) is 3.51. The predicted octanol–water partition coefficient (Wildman–Crippen LogP) is 3.63. The second-order valence-corrected chi connectivity index (χ2v) is 6.60. The molecule has 2 N–H and O–H groups in total. The number of benzene rings is 1. The molecule has 0 saturated carbocycles. The van der Waals surface area contributed by atoms with Crippen LogP contribution in [0.15, 0.2) is 24.3 Å². The first-order chi connectivity index (χ1) is 10.6. The highest BCUT2D eigenvalue weighted by atomic mass is 19.4. The quantitative estimate of drug-likeness (QED) is 0.890. The number of alkyl halides is 3. The normalized spacial score (nSPS) is 19.7. The molecule has 0 aromatic heterocycles. The Balaban J connectivity index is 2.20. The van der Waals surface area contributed by atoms with Crippen molar-refractivity contribution in [3.8, 4) is 0 Å². The molecule has 128 valence electrons. The van der Waals surface area contributed by atoms with Crippen molar-refractivity contribution in [3.05, 3.63) is 35.4 Å². The summed E-state index contributed by atoms with van der Waals surface area (Å²) in [7, 11) is 0. The number of hydrogen-bond acceptors (Lipinski definition) is 3. The highest BCUT2D eigenvalue weighted by Crippen LogP contribution is 2.32. The van der Waals surface area contributed by atoms with Gasteiger partial charge in [-0.1, -0.05) is 12.1 Å². The van der Waals surface area contributed by atoms with Gasteiger partial charge in [-0.25, -0.2) is 4.79 Å². The van der Waals surface area contributed by atoms with Crippen LogP contribution in [-0.4, -0.2) is 24.3 Å². The van der Waals surface area contributed by atoms with Crippen LogP contribution in [0.5, 0.6) is 0 Å². The summed E-state index contributed by atoms with van der Waals surface area (Å²) in [5.74, 6) is 0. The number of carbonyl (C=O) groups is 1. The molecular weight excluding hydrogens is 309 g/mol. The molecule has 1 aromatic carbocycles. The van der Waals surface area contributed by atoms with Crippen LogP contribution in [0.25, 0.3) is 0 Å². The zero-order valence-electron chi connectivity index (χ0n) is 13.3. The van der Waals surface area contributed by atoms with E-state index in [0.29, 0.717) is 5.56 Å². The van der Waals surface area contributed by atoms with Crippen molar-refractivity contribution in [1.82, 2.24) is 10.6 Å². The van der Waals surface area contributed by atoms with Gasteiger partial charge in [-0.15, -0.1) is 0 Å². The van der Waals surface area contributed by atoms with E-state index in [4.69, 9.17) is 4.74 Å². The average molecular weight is 330 g/mol. The summed E-state index contributed by atoms with van der Waals surface area (Å²) in [4.78, 5) is 12.0. The van der Waals surface area contributed by atoms with E-state index in [2.05, 4.69) is 10.6 Å².